The summed E-state index contributed by atoms with van der Waals surface area (Å²) >= 11 is 19.7. The van der Waals surface area contributed by atoms with Crippen molar-refractivity contribution in [3.8, 4) is 11.5 Å². The second-order valence-corrected chi connectivity index (χ2v) is 4.03. The molecule has 17 heavy (non-hydrogen) atoms. The zero-order valence-electron chi connectivity index (χ0n) is 8.08. The van der Waals surface area contributed by atoms with Gasteiger partial charge in [-0.25, -0.2) is 0 Å². The summed E-state index contributed by atoms with van der Waals surface area (Å²) in [5.41, 5.74) is -0.573. The first kappa shape index (κ1) is 16.3. The van der Waals surface area contributed by atoms with Gasteiger partial charge in [0, 0.05) is 0 Å². The van der Waals surface area contributed by atoms with E-state index in [1.165, 1.54) is 0 Å². The van der Waals surface area contributed by atoms with E-state index in [-0.39, 0.29) is 16.5 Å². The molecule has 8 heteroatoms. The Morgan fingerprint density at radius 1 is 0.941 bits per heavy atom. The van der Waals surface area contributed by atoms with Gasteiger partial charge in [-0.05, 0) is 35.3 Å². The Labute approximate surface area is 117 Å². The van der Waals surface area contributed by atoms with Crippen LogP contribution in [0.2, 0.25) is 0 Å². The van der Waals surface area contributed by atoms with E-state index >= 15 is 0 Å². The molecule has 0 amide bonds. The van der Waals surface area contributed by atoms with Crippen LogP contribution in [0.1, 0.15) is 20.7 Å². The molecule has 0 saturated heterocycles. The number of carbonyl (C=O) groups excluding carboxylic acids is 2. The third-order valence-electron chi connectivity index (χ3n) is 1.54. The van der Waals surface area contributed by atoms with Gasteiger partial charge in [0.1, 0.15) is 11.5 Å². The number of aromatic hydroxyl groups is 2. The molecule has 0 aliphatic carbocycles. The molecule has 0 aliphatic heterocycles. The first-order valence-corrected chi connectivity index (χ1v) is 5.75. The standard InChI is InChI=1S/C8H4Cl2O4.CH2Cl2/c9-7(13)3-1-5(11)4(8(10)14)2-6(3)12;2-1-3/h1-2,11-12H;1H2. The fourth-order valence-electron chi connectivity index (χ4n) is 0.892. The third kappa shape index (κ3) is 5.00. The molecule has 0 saturated carbocycles. The maximum Gasteiger partial charge on any atom is 0.256 e. The van der Waals surface area contributed by atoms with Crippen LogP contribution < -0.4 is 0 Å². The molecule has 0 radical (unpaired) electrons. The van der Waals surface area contributed by atoms with Gasteiger partial charge < -0.3 is 10.2 Å². The number of phenolic OH excluding ortho intramolecular Hbond substituents is 2. The van der Waals surface area contributed by atoms with E-state index in [4.69, 9.17) is 46.4 Å². The van der Waals surface area contributed by atoms with Crippen molar-refractivity contribution in [2.45, 2.75) is 0 Å². The molecule has 1 rings (SSSR count). The lowest BCUT2D eigenvalue weighted by Crippen LogP contribution is -1.95. The highest BCUT2D eigenvalue weighted by Gasteiger charge is 2.16. The monoisotopic (exact) mass is 318 g/mol. The number of benzene rings is 1. The molecule has 0 aromatic heterocycles. The van der Waals surface area contributed by atoms with Gasteiger partial charge in [-0.1, -0.05) is 0 Å². The Hall–Kier alpha value is -0.680. The van der Waals surface area contributed by atoms with Crippen LogP contribution in [-0.4, -0.2) is 26.0 Å². The number of phenols is 2. The lowest BCUT2D eigenvalue weighted by molar-refractivity contribution is 0.106. The molecule has 1 aromatic carbocycles. The molecule has 94 valence electrons. The number of carbonyl (C=O) groups is 2. The van der Waals surface area contributed by atoms with E-state index < -0.39 is 22.0 Å². The highest BCUT2D eigenvalue weighted by Crippen LogP contribution is 2.29. The van der Waals surface area contributed by atoms with Crippen molar-refractivity contribution in [1.82, 2.24) is 0 Å². The fraction of sp³-hybridized carbons (Fsp3) is 0.111. The molecule has 4 nitrogen and oxygen atoms in total. The minimum atomic E-state index is -0.939. The molecule has 0 heterocycles. The predicted octanol–water partition coefficient (Wildman–Crippen LogP) is 3.28. The minimum absolute atomic E-state index is 0.194. The van der Waals surface area contributed by atoms with Crippen LogP contribution in [0.15, 0.2) is 12.1 Å². The Kier molecular flexibility index (Phi) is 7.30. The van der Waals surface area contributed by atoms with Gasteiger partial charge >= 0.3 is 0 Å². The second-order valence-electron chi connectivity index (χ2n) is 2.53. The Bertz CT molecular complexity index is 393. The zero-order valence-corrected chi connectivity index (χ0v) is 11.1. The average molecular weight is 320 g/mol. The fourth-order valence-corrected chi connectivity index (χ4v) is 1.19. The molecule has 0 unspecified atom stereocenters. The van der Waals surface area contributed by atoms with Crippen molar-refractivity contribution in [3.63, 3.8) is 0 Å². The lowest BCUT2D eigenvalue weighted by atomic mass is 10.1. The van der Waals surface area contributed by atoms with E-state index in [2.05, 4.69) is 0 Å². The number of rotatable bonds is 2. The smallest absolute Gasteiger partial charge is 0.256 e. The Morgan fingerprint density at radius 2 is 1.18 bits per heavy atom. The van der Waals surface area contributed by atoms with Gasteiger partial charge in [-0.3, -0.25) is 9.59 Å². The molecule has 0 fully saturated rings. The van der Waals surface area contributed by atoms with Crippen molar-refractivity contribution in [2.24, 2.45) is 0 Å². The second kappa shape index (κ2) is 7.61. The normalized spacial score (nSPS) is 9.18. The Balaban J connectivity index is 0.000000770. The van der Waals surface area contributed by atoms with E-state index in [0.717, 1.165) is 12.1 Å². The van der Waals surface area contributed by atoms with Crippen LogP contribution in [0.3, 0.4) is 0 Å². The summed E-state index contributed by atoms with van der Waals surface area (Å²) in [5, 5.41) is 16.7. The molecule has 0 atom stereocenters. The summed E-state index contributed by atoms with van der Waals surface area (Å²) in [4.78, 5) is 21.4. The van der Waals surface area contributed by atoms with Crippen LogP contribution in [-0.2, 0) is 0 Å². The third-order valence-corrected chi connectivity index (χ3v) is 1.94. The highest BCUT2D eigenvalue weighted by molar-refractivity contribution is 6.69. The molecule has 1 aromatic rings. The molecule has 0 aliphatic rings. The Morgan fingerprint density at radius 3 is 1.35 bits per heavy atom. The van der Waals surface area contributed by atoms with Gasteiger partial charge in [0.15, 0.2) is 0 Å². The lowest BCUT2D eigenvalue weighted by Gasteiger charge is -2.03. The van der Waals surface area contributed by atoms with Crippen molar-refractivity contribution in [3.05, 3.63) is 23.3 Å². The first-order chi connectivity index (χ1) is 7.84. The molecule has 2 N–H and O–H groups in total. The quantitative estimate of drug-likeness (QED) is 0.498. The van der Waals surface area contributed by atoms with Crippen molar-refractivity contribution in [1.29, 1.82) is 0 Å². The van der Waals surface area contributed by atoms with Crippen LogP contribution in [0.5, 0.6) is 11.5 Å². The van der Waals surface area contributed by atoms with E-state index in [0.29, 0.717) is 0 Å². The summed E-state index contributed by atoms with van der Waals surface area (Å²) in [6.07, 6.45) is 0. The van der Waals surface area contributed by atoms with Crippen LogP contribution in [0, 0.1) is 0 Å². The summed E-state index contributed by atoms with van der Waals surface area (Å²) in [5.74, 6) is -1.02. The van der Waals surface area contributed by atoms with E-state index in [1.54, 1.807) is 0 Å². The van der Waals surface area contributed by atoms with Crippen molar-refractivity contribution in [2.75, 3.05) is 5.34 Å². The predicted molar refractivity (Wildman–Crippen MR) is 66.7 cm³/mol. The van der Waals surface area contributed by atoms with Gasteiger partial charge in [0.25, 0.3) is 10.5 Å². The largest absolute Gasteiger partial charge is 0.507 e. The summed E-state index contributed by atoms with van der Waals surface area (Å²) < 4.78 is 0. The average Bonchev–Trinajstić information content (AvgIpc) is 2.21. The topological polar surface area (TPSA) is 74.6 Å². The summed E-state index contributed by atoms with van der Waals surface area (Å²) in [6.45, 7) is 0. The van der Waals surface area contributed by atoms with Gasteiger partial charge in [0.2, 0.25) is 0 Å². The highest BCUT2D eigenvalue weighted by atomic mass is 35.5. The van der Waals surface area contributed by atoms with Crippen LogP contribution >= 0.6 is 46.4 Å². The van der Waals surface area contributed by atoms with Crippen molar-refractivity contribution >= 4 is 56.9 Å². The van der Waals surface area contributed by atoms with Gasteiger partial charge in [-0.2, -0.15) is 0 Å². The maximum absolute atomic E-state index is 10.7. The molecule has 0 bridgehead atoms. The van der Waals surface area contributed by atoms with Crippen LogP contribution in [0.25, 0.3) is 0 Å². The number of halogens is 4. The van der Waals surface area contributed by atoms with Gasteiger partial charge in [-0.15, -0.1) is 23.2 Å². The first-order valence-electron chi connectivity index (χ1n) is 3.92. The molecule has 0 spiro atoms. The number of alkyl halides is 2. The maximum atomic E-state index is 10.7. The van der Waals surface area contributed by atoms with Gasteiger partial charge in [0.05, 0.1) is 16.5 Å². The van der Waals surface area contributed by atoms with Crippen molar-refractivity contribution < 1.29 is 19.8 Å². The summed E-state index contributed by atoms with van der Waals surface area (Å²) in [6, 6.07) is 1.75. The van der Waals surface area contributed by atoms with Crippen LogP contribution in [0.4, 0.5) is 0 Å². The summed E-state index contributed by atoms with van der Waals surface area (Å²) in [7, 11) is 0. The zero-order chi connectivity index (χ0) is 13.6. The molecular formula is C9H6Cl4O4. The number of hydrogen-bond donors (Lipinski definition) is 2. The van der Waals surface area contributed by atoms with E-state index in [1.807, 2.05) is 0 Å². The number of hydrogen-bond acceptors (Lipinski definition) is 4. The minimum Gasteiger partial charge on any atom is -0.507 e. The molecular weight excluding hydrogens is 314 g/mol. The van der Waals surface area contributed by atoms with E-state index in [9.17, 15) is 19.8 Å². The SMILES string of the molecule is ClCCl.O=C(Cl)c1cc(O)c(C(=O)Cl)cc1O.